The molecule has 382 valence electrons. The van der Waals surface area contributed by atoms with E-state index in [2.05, 4.69) is 74.4 Å². The molecule has 2 atom stereocenters. The Morgan fingerprint density at radius 3 is 1.42 bits per heavy atom. The van der Waals surface area contributed by atoms with Gasteiger partial charge in [0.1, 0.15) is 0 Å². The van der Waals surface area contributed by atoms with E-state index in [9.17, 15) is 24.3 Å². The van der Waals surface area contributed by atoms with Crippen LogP contribution in [0.4, 0.5) is 9.59 Å². The summed E-state index contributed by atoms with van der Waals surface area (Å²) in [4.78, 5) is 54.4. The largest absolute Gasteiger partial charge is 0.478 e. The van der Waals surface area contributed by atoms with Crippen molar-refractivity contribution in [3.8, 4) is 22.5 Å². The molecule has 6 aliphatic rings. The first-order chi connectivity index (χ1) is 35.7. The van der Waals surface area contributed by atoms with Crippen LogP contribution in [0.15, 0.2) is 84.9 Å². The highest BCUT2D eigenvalue weighted by Gasteiger charge is 2.35. The molecule has 6 heterocycles. The molecule has 4 aromatic carbocycles. The van der Waals surface area contributed by atoms with Crippen molar-refractivity contribution >= 4 is 45.8 Å². The summed E-state index contributed by atoms with van der Waals surface area (Å²) >= 11 is 0. The molecule has 4 fully saturated rings. The minimum atomic E-state index is -0.919. The minimum Gasteiger partial charge on any atom is -0.478 e. The normalized spacial score (nSPS) is 20.3. The summed E-state index contributed by atoms with van der Waals surface area (Å²) in [7, 11) is 1.42. The average molecular weight is 989 g/mol. The molecule has 2 unspecified atom stereocenters. The van der Waals surface area contributed by atoms with Gasteiger partial charge in [0.15, 0.2) is 0 Å². The maximum absolute atomic E-state index is 13.2. The van der Waals surface area contributed by atoms with Gasteiger partial charge < -0.3 is 48.9 Å². The van der Waals surface area contributed by atoms with E-state index in [0.29, 0.717) is 88.7 Å². The molecule has 2 aliphatic carbocycles. The van der Waals surface area contributed by atoms with Crippen LogP contribution in [0.3, 0.4) is 0 Å². The van der Waals surface area contributed by atoms with E-state index in [1.54, 1.807) is 6.07 Å². The summed E-state index contributed by atoms with van der Waals surface area (Å²) in [6.07, 6.45) is 13.7. The SMILES string of the molecule is COC(=O)c1ccc2c(C3CCCCC3)c3n(c2c1)CC(NC(=O)N1CCOCC1)Cc1ccccc1-3.O=C(O)c1ccc2c(C3CCCCC3)c3n(c2c1)CC(NC(=O)N1CCOCC1)Cc1ccccc1-3. The van der Waals surface area contributed by atoms with Crippen molar-refractivity contribution in [3.63, 3.8) is 0 Å². The molecule has 3 N–H and O–H groups in total. The van der Waals surface area contributed by atoms with Gasteiger partial charge in [-0.05, 0) is 96.9 Å². The number of carboxylic acids is 1. The lowest BCUT2D eigenvalue weighted by Gasteiger charge is -2.29. The highest BCUT2D eigenvalue weighted by Crippen LogP contribution is 2.48. The Morgan fingerprint density at radius 2 is 0.986 bits per heavy atom. The van der Waals surface area contributed by atoms with Crippen molar-refractivity contribution in [2.24, 2.45) is 0 Å². The van der Waals surface area contributed by atoms with Crippen LogP contribution in [0.25, 0.3) is 44.3 Å². The molecule has 14 heteroatoms. The van der Waals surface area contributed by atoms with E-state index >= 15 is 0 Å². The van der Waals surface area contributed by atoms with E-state index in [4.69, 9.17) is 14.2 Å². The molecule has 0 spiro atoms. The Balaban J connectivity index is 0.000000157. The van der Waals surface area contributed by atoms with Crippen molar-refractivity contribution in [2.75, 3.05) is 59.7 Å². The number of carbonyl (C=O) groups is 4. The van der Waals surface area contributed by atoms with Gasteiger partial charge in [-0.25, -0.2) is 19.2 Å². The molecule has 2 saturated heterocycles. The van der Waals surface area contributed by atoms with Gasteiger partial charge in [0.25, 0.3) is 0 Å². The Kier molecular flexibility index (Phi) is 14.3. The number of morpholine rings is 2. The number of ether oxygens (including phenoxy) is 3. The Labute approximate surface area is 426 Å². The maximum Gasteiger partial charge on any atom is 0.337 e. The van der Waals surface area contributed by atoms with Crippen LogP contribution in [0.2, 0.25) is 0 Å². The monoisotopic (exact) mass is 989 g/mol. The number of hydrogen-bond acceptors (Lipinski definition) is 7. The molecule has 2 saturated carbocycles. The zero-order valence-corrected chi connectivity index (χ0v) is 42.0. The fraction of sp³-hybridized carbons (Fsp3) is 0.458. The van der Waals surface area contributed by atoms with Gasteiger partial charge in [-0.15, -0.1) is 0 Å². The highest BCUT2D eigenvalue weighted by atomic mass is 16.5. The lowest BCUT2D eigenvalue weighted by molar-refractivity contribution is 0.0523. The summed E-state index contributed by atoms with van der Waals surface area (Å²) in [5, 5.41) is 18.7. The molecule has 0 radical (unpaired) electrons. The second-order valence-electron chi connectivity index (χ2n) is 20.9. The number of urea groups is 2. The summed E-state index contributed by atoms with van der Waals surface area (Å²) in [5.41, 5.74) is 13.0. The van der Waals surface area contributed by atoms with Gasteiger partial charge in [0.2, 0.25) is 0 Å². The van der Waals surface area contributed by atoms with Crippen LogP contribution in [0.1, 0.15) is 119 Å². The fourth-order valence-corrected chi connectivity index (χ4v) is 12.9. The van der Waals surface area contributed by atoms with Gasteiger partial charge in [0.05, 0.1) is 68.1 Å². The highest BCUT2D eigenvalue weighted by molar-refractivity contribution is 6.00. The standard InChI is InChI=1S/C30H35N3O4.C29H33N3O4/c1-36-29(34)22-11-12-25-26(18-22)33-19-23(31-30(35)32-13-15-37-16-14-32)17-21-9-5-6-10-24(21)28(33)27(25)20-7-3-2-4-8-20;33-28(34)21-10-11-24-25(17-21)32-18-22(30-29(35)31-12-14-36-15-13-31)16-20-8-4-5-9-23(20)27(32)26(24)19-6-2-1-3-7-19/h5-6,9-12,18,20,23H,2-4,7-8,13-17,19H2,1H3,(H,31,35);4-5,8-11,17,19,22H,1-3,6-7,12-16,18H2,(H,30,35)(H,33,34). The number of benzene rings is 4. The third-order valence-corrected chi connectivity index (χ3v) is 16.4. The maximum atomic E-state index is 13.2. The third-order valence-electron chi connectivity index (χ3n) is 16.4. The Hall–Kier alpha value is -6.64. The number of aromatic nitrogens is 2. The quantitative estimate of drug-likeness (QED) is 0.139. The van der Waals surface area contributed by atoms with Crippen molar-refractivity contribution < 1.29 is 38.5 Å². The first-order valence-corrected chi connectivity index (χ1v) is 26.8. The number of carbonyl (C=O) groups excluding carboxylic acids is 3. The predicted octanol–water partition coefficient (Wildman–Crippen LogP) is 10.1. The van der Waals surface area contributed by atoms with E-state index in [1.165, 1.54) is 109 Å². The van der Waals surface area contributed by atoms with Crippen LogP contribution in [-0.4, -0.2) is 120 Å². The molecule has 6 aromatic rings. The van der Waals surface area contributed by atoms with E-state index < -0.39 is 5.97 Å². The third kappa shape index (κ3) is 9.83. The zero-order valence-electron chi connectivity index (χ0n) is 42.0. The topological polar surface area (TPSA) is 157 Å². The first-order valence-electron chi connectivity index (χ1n) is 26.8. The zero-order chi connectivity index (χ0) is 50.0. The van der Waals surface area contributed by atoms with Gasteiger partial charge in [0, 0.05) is 72.2 Å². The second-order valence-corrected chi connectivity index (χ2v) is 20.9. The Bertz CT molecular complexity index is 3020. The van der Waals surface area contributed by atoms with Crippen LogP contribution in [0, 0.1) is 0 Å². The number of nitrogens with one attached hydrogen (secondary N) is 2. The number of nitrogens with zero attached hydrogens (tertiary/aromatic N) is 4. The fourth-order valence-electron chi connectivity index (χ4n) is 12.9. The van der Waals surface area contributed by atoms with Crippen LogP contribution in [0.5, 0.6) is 0 Å². The first kappa shape index (κ1) is 48.6. The smallest absolute Gasteiger partial charge is 0.337 e. The number of methoxy groups -OCH3 is 1. The molecular weight excluding hydrogens is 921 g/mol. The summed E-state index contributed by atoms with van der Waals surface area (Å²) < 4.78 is 20.6. The molecular formula is C59H68N6O8. The van der Waals surface area contributed by atoms with Crippen molar-refractivity contribution in [1.82, 2.24) is 29.6 Å². The number of aromatic carboxylic acids is 1. The molecule has 73 heavy (non-hydrogen) atoms. The van der Waals surface area contributed by atoms with Gasteiger partial charge >= 0.3 is 24.0 Å². The second kappa shape index (κ2) is 21.4. The number of rotatable bonds is 6. The lowest BCUT2D eigenvalue weighted by atomic mass is 9.81. The van der Waals surface area contributed by atoms with Crippen molar-refractivity contribution in [1.29, 1.82) is 0 Å². The molecule has 0 bridgehead atoms. The molecule has 4 amide bonds. The number of carboxylic acid groups (broad SMARTS) is 1. The molecule has 4 aliphatic heterocycles. The van der Waals surface area contributed by atoms with Crippen molar-refractivity contribution in [3.05, 3.63) is 118 Å². The number of fused-ring (bicyclic) bond motifs is 10. The number of amides is 4. The summed E-state index contributed by atoms with van der Waals surface area (Å²) in [5.74, 6) is -0.300. The van der Waals surface area contributed by atoms with E-state index in [-0.39, 0.29) is 30.1 Å². The van der Waals surface area contributed by atoms with Crippen molar-refractivity contribution in [2.45, 2.75) is 114 Å². The van der Waals surface area contributed by atoms with E-state index in [0.717, 1.165) is 42.1 Å². The average Bonchev–Trinajstić information content (AvgIpc) is 3.79. The summed E-state index contributed by atoms with van der Waals surface area (Å²) in [6, 6.07) is 28.4. The van der Waals surface area contributed by atoms with Gasteiger partial charge in [-0.3, -0.25) is 0 Å². The van der Waals surface area contributed by atoms with E-state index in [1.807, 2.05) is 34.1 Å². The van der Waals surface area contributed by atoms with Gasteiger partial charge in [-0.2, -0.15) is 0 Å². The molecule has 12 rings (SSSR count). The van der Waals surface area contributed by atoms with Crippen LogP contribution in [-0.2, 0) is 40.1 Å². The van der Waals surface area contributed by atoms with Crippen LogP contribution >= 0.6 is 0 Å². The van der Waals surface area contributed by atoms with Gasteiger partial charge in [-0.1, -0.05) is 99.2 Å². The summed E-state index contributed by atoms with van der Waals surface area (Å²) in [6.45, 7) is 5.96. The molecule has 14 nitrogen and oxygen atoms in total. The van der Waals surface area contributed by atoms with Crippen LogP contribution < -0.4 is 10.6 Å². The lowest BCUT2D eigenvalue weighted by Crippen LogP contribution is -2.50. The molecule has 2 aromatic heterocycles. The Morgan fingerprint density at radius 1 is 0.562 bits per heavy atom. The number of esters is 1. The number of hydrogen-bond donors (Lipinski definition) is 3. The predicted molar refractivity (Wildman–Crippen MR) is 282 cm³/mol. The minimum absolute atomic E-state index is 0.0338.